The van der Waals surface area contributed by atoms with Gasteiger partial charge < -0.3 is 14.9 Å². The van der Waals surface area contributed by atoms with E-state index in [-0.39, 0.29) is 6.61 Å². The molecule has 1 amide bonds. The number of nitrogens with one attached hydrogen (secondary N) is 1. The molecular weight excluding hydrogens is 202 g/mol. The minimum atomic E-state index is -1.38. The SMILES string of the molecule is CC(O)(CO)CONC(=O)OC(C)(C)C. The van der Waals surface area contributed by atoms with Gasteiger partial charge in [-0.05, 0) is 27.7 Å². The molecule has 0 aromatic carbocycles. The maximum Gasteiger partial charge on any atom is 0.431 e. The molecule has 0 aromatic rings. The van der Waals surface area contributed by atoms with E-state index >= 15 is 0 Å². The summed E-state index contributed by atoms with van der Waals surface area (Å²) in [4.78, 5) is 15.7. The number of amides is 1. The van der Waals surface area contributed by atoms with E-state index in [0.29, 0.717) is 0 Å². The standard InChI is InChI=1S/C9H19NO5/c1-8(2,3)15-7(12)10-14-6-9(4,13)5-11/h11,13H,5-6H2,1-4H3,(H,10,12). The number of aliphatic hydroxyl groups excluding tert-OH is 1. The van der Waals surface area contributed by atoms with E-state index in [9.17, 15) is 9.90 Å². The molecule has 0 rings (SSSR count). The van der Waals surface area contributed by atoms with E-state index in [1.54, 1.807) is 20.8 Å². The Morgan fingerprint density at radius 2 is 1.87 bits per heavy atom. The van der Waals surface area contributed by atoms with Gasteiger partial charge in [-0.15, -0.1) is 0 Å². The first-order valence-corrected chi connectivity index (χ1v) is 4.60. The van der Waals surface area contributed by atoms with Crippen LogP contribution < -0.4 is 5.48 Å². The highest BCUT2D eigenvalue weighted by Gasteiger charge is 2.21. The Bertz CT molecular complexity index is 209. The number of hydrogen-bond acceptors (Lipinski definition) is 5. The summed E-state index contributed by atoms with van der Waals surface area (Å²) in [6.07, 6.45) is -0.740. The number of aliphatic hydroxyl groups is 2. The van der Waals surface area contributed by atoms with Gasteiger partial charge in [-0.3, -0.25) is 4.84 Å². The van der Waals surface area contributed by atoms with Gasteiger partial charge in [0.05, 0.1) is 6.61 Å². The second-order valence-electron chi connectivity index (χ2n) is 4.55. The highest BCUT2D eigenvalue weighted by Crippen LogP contribution is 2.06. The van der Waals surface area contributed by atoms with E-state index in [1.165, 1.54) is 6.92 Å². The number of ether oxygens (including phenoxy) is 1. The molecule has 0 heterocycles. The summed E-state index contributed by atoms with van der Waals surface area (Å²) in [5, 5.41) is 18.0. The lowest BCUT2D eigenvalue weighted by Crippen LogP contribution is -2.40. The van der Waals surface area contributed by atoms with Crippen molar-refractivity contribution < 1.29 is 24.6 Å². The van der Waals surface area contributed by atoms with E-state index in [1.807, 2.05) is 5.48 Å². The zero-order chi connectivity index (χ0) is 12.1. The predicted molar refractivity (Wildman–Crippen MR) is 53.0 cm³/mol. The Kier molecular flexibility index (Phi) is 4.99. The zero-order valence-corrected chi connectivity index (χ0v) is 9.53. The van der Waals surface area contributed by atoms with Crippen LogP contribution in [0, 0.1) is 0 Å². The number of rotatable bonds is 4. The van der Waals surface area contributed by atoms with Crippen LogP contribution in [0.25, 0.3) is 0 Å². The molecule has 0 fully saturated rings. The molecular formula is C9H19NO5. The molecule has 0 spiro atoms. The van der Waals surface area contributed by atoms with Crippen molar-refractivity contribution in [3.05, 3.63) is 0 Å². The third kappa shape index (κ3) is 8.17. The van der Waals surface area contributed by atoms with Gasteiger partial charge in [0.2, 0.25) is 0 Å². The quantitative estimate of drug-likeness (QED) is 0.590. The van der Waals surface area contributed by atoms with Crippen LogP contribution in [-0.2, 0) is 9.57 Å². The third-order valence-electron chi connectivity index (χ3n) is 1.28. The molecule has 1 atom stereocenters. The van der Waals surface area contributed by atoms with E-state index in [4.69, 9.17) is 9.84 Å². The molecule has 15 heavy (non-hydrogen) atoms. The van der Waals surface area contributed by atoms with E-state index in [2.05, 4.69) is 4.84 Å². The van der Waals surface area contributed by atoms with Crippen molar-refractivity contribution in [3.63, 3.8) is 0 Å². The lowest BCUT2D eigenvalue weighted by Gasteiger charge is -2.22. The molecule has 6 heteroatoms. The van der Waals surface area contributed by atoms with Gasteiger partial charge >= 0.3 is 6.09 Å². The second kappa shape index (κ2) is 5.29. The average molecular weight is 221 g/mol. The van der Waals surface area contributed by atoms with Gasteiger partial charge in [-0.25, -0.2) is 4.79 Å². The van der Waals surface area contributed by atoms with Crippen LogP contribution in [0.1, 0.15) is 27.7 Å². The Morgan fingerprint density at radius 3 is 2.27 bits per heavy atom. The Labute approximate surface area is 89.1 Å². The van der Waals surface area contributed by atoms with Gasteiger partial charge in [0, 0.05) is 0 Å². The minimum Gasteiger partial charge on any atom is -0.442 e. The third-order valence-corrected chi connectivity index (χ3v) is 1.28. The van der Waals surface area contributed by atoms with Crippen molar-refractivity contribution >= 4 is 6.09 Å². The number of hydroxylamine groups is 1. The van der Waals surface area contributed by atoms with E-state index in [0.717, 1.165) is 0 Å². The fraction of sp³-hybridized carbons (Fsp3) is 0.889. The lowest BCUT2D eigenvalue weighted by molar-refractivity contribution is -0.0935. The molecule has 1 unspecified atom stereocenters. The lowest BCUT2D eigenvalue weighted by atomic mass is 10.1. The Hall–Kier alpha value is -0.850. The molecule has 0 aliphatic heterocycles. The van der Waals surface area contributed by atoms with Gasteiger partial charge in [0.25, 0.3) is 0 Å². The van der Waals surface area contributed by atoms with Crippen LogP contribution >= 0.6 is 0 Å². The number of carbonyl (C=O) groups is 1. The summed E-state index contributed by atoms with van der Waals surface area (Å²) in [5.74, 6) is 0. The van der Waals surface area contributed by atoms with Crippen molar-refractivity contribution in [3.8, 4) is 0 Å². The summed E-state index contributed by atoms with van der Waals surface area (Å²) in [6, 6.07) is 0. The van der Waals surface area contributed by atoms with Crippen molar-refractivity contribution in [2.24, 2.45) is 0 Å². The molecule has 0 saturated carbocycles. The highest BCUT2D eigenvalue weighted by molar-refractivity contribution is 5.66. The molecule has 0 radical (unpaired) electrons. The van der Waals surface area contributed by atoms with Crippen molar-refractivity contribution in [1.82, 2.24) is 5.48 Å². The Morgan fingerprint density at radius 1 is 1.33 bits per heavy atom. The molecule has 0 aromatic heterocycles. The molecule has 0 bridgehead atoms. The first-order valence-electron chi connectivity index (χ1n) is 4.60. The molecule has 90 valence electrons. The maximum atomic E-state index is 11.0. The summed E-state index contributed by atoms with van der Waals surface area (Å²) in [5.41, 5.74) is 0.0132. The first-order chi connectivity index (χ1) is 6.66. The normalized spacial score (nSPS) is 15.6. The topological polar surface area (TPSA) is 88.0 Å². The molecule has 3 N–H and O–H groups in total. The predicted octanol–water partition coefficient (Wildman–Crippen LogP) is 0.186. The minimum absolute atomic E-state index is 0.220. The molecule has 0 aliphatic carbocycles. The van der Waals surface area contributed by atoms with Crippen LogP contribution in [0.15, 0.2) is 0 Å². The zero-order valence-electron chi connectivity index (χ0n) is 9.53. The molecule has 6 nitrogen and oxygen atoms in total. The molecule has 0 aliphatic rings. The number of carbonyl (C=O) groups excluding carboxylic acids is 1. The fourth-order valence-electron chi connectivity index (χ4n) is 0.595. The van der Waals surface area contributed by atoms with Crippen LogP contribution in [0.5, 0.6) is 0 Å². The maximum absolute atomic E-state index is 11.0. The fourth-order valence-corrected chi connectivity index (χ4v) is 0.595. The summed E-state index contributed by atoms with van der Waals surface area (Å²) < 4.78 is 4.87. The van der Waals surface area contributed by atoms with Gasteiger partial charge in [-0.1, -0.05) is 0 Å². The van der Waals surface area contributed by atoms with Crippen LogP contribution in [0.3, 0.4) is 0 Å². The first kappa shape index (κ1) is 14.2. The Balaban J connectivity index is 3.74. The largest absolute Gasteiger partial charge is 0.442 e. The second-order valence-corrected chi connectivity index (χ2v) is 4.55. The van der Waals surface area contributed by atoms with Gasteiger partial charge in [0.1, 0.15) is 17.8 Å². The highest BCUT2D eigenvalue weighted by atomic mass is 16.7. The van der Waals surface area contributed by atoms with Crippen LogP contribution in [0.2, 0.25) is 0 Å². The van der Waals surface area contributed by atoms with Gasteiger partial charge in [-0.2, -0.15) is 5.48 Å². The smallest absolute Gasteiger partial charge is 0.431 e. The van der Waals surface area contributed by atoms with Crippen molar-refractivity contribution in [1.29, 1.82) is 0 Å². The van der Waals surface area contributed by atoms with Crippen molar-refractivity contribution in [2.45, 2.75) is 38.9 Å². The van der Waals surface area contributed by atoms with Crippen LogP contribution in [0.4, 0.5) is 4.79 Å². The van der Waals surface area contributed by atoms with E-state index < -0.39 is 23.9 Å². The van der Waals surface area contributed by atoms with Gasteiger partial charge in [0.15, 0.2) is 0 Å². The van der Waals surface area contributed by atoms with Crippen LogP contribution in [-0.4, -0.2) is 40.7 Å². The summed E-state index contributed by atoms with van der Waals surface area (Å²) in [6.45, 7) is 5.86. The summed E-state index contributed by atoms with van der Waals surface area (Å²) in [7, 11) is 0. The average Bonchev–Trinajstić information content (AvgIpc) is 2.00. The number of hydrogen-bond donors (Lipinski definition) is 3. The molecule has 0 saturated heterocycles. The van der Waals surface area contributed by atoms with Crippen molar-refractivity contribution in [2.75, 3.05) is 13.2 Å². The summed E-state index contributed by atoms with van der Waals surface area (Å²) >= 11 is 0. The monoisotopic (exact) mass is 221 g/mol.